The summed E-state index contributed by atoms with van der Waals surface area (Å²) in [6.07, 6.45) is 8.44. The number of aromatic nitrogens is 6. The van der Waals surface area contributed by atoms with E-state index in [9.17, 15) is 8.42 Å². The number of nitrogens with zero attached hydrogens (tertiary/aromatic N) is 6. The molecular weight excluding hydrogens is 366 g/mol. The maximum atomic E-state index is 12.5. The Morgan fingerprint density at radius 3 is 2.81 bits per heavy atom. The van der Waals surface area contributed by atoms with Crippen LogP contribution >= 0.6 is 0 Å². The van der Waals surface area contributed by atoms with Gasteiger partial charge in [-0.05, 0) is 18.2 Å². The Kier molecular flexibility index (Phi) is 3.55. The lowest BCUT2D eigenvalue weighted by molar-refractivity contribution is 0.191. The summed E-state index contributed by atoms with van der Waals surface area (Å²) in [7, 11) is -3.55. The van der Waals surface area contributed by atoms with Crippen molar-refractivity contribution in [3.05, 3.63) is 55.4 Å². The fourth-order valence-corrected chi connectivity index (χ4v) is 4.62. The number of rotatable bonds is 4. The number of aromatic amines is 1. The first-order valence-corrected chi connectivity index (χ1v) is 9.81. The summed E-state index contributed by atoms with van der Waals surface area (Å²) in [5.74, 6) is 0. The molecule has 4 aromatic rings. The third kappa shape index (κ3) is 2.61. The number of nitrogens with one attached hydrogen (secondary N) is 1. The van der Waals surface area contributed by atoms with Gasteiger partial charge >= 0.3 is 0 Å². The molecule has 5 heterocycles. The second-order valence-electron chi connectivity index (χ2n) is 6.32. The smallest absolute Gasteiger partial charge is 0.260 e. The van der Waals surface area contributed by atoms with Gasteiger partial charge in [-0.3, -0.25) is 4.68 Å². The van der Waals surface area contributed by atoms with Gasteiger partial charge in [-0.2, -0.15) is 9.40 Å². The van der Waals surface area contributed by atoms with Gasteiger partial charge in [0.25, 0.3) is 10.0 Å². The molecule has 4 aromatic heterocycles. The van der Waals surface area contributed by atoms with Crippen molar-refractivity contribution in [3.63, 3.8) is 0 Å². The molecule has 0 unspecified atom stereocenters. The largest absolute Gasteiger partial charge is 0.346 e. The van der Waals surface area contributed by atoms with Crippen molar-refractivity contribution in [2.75, 3.05) is 13.1 Å². The molecule has 0 aromatic carbocycles. The Bertz CT molecular complexity index is 1210. The van der Waals surface area contributed by atoms with Gasteiger partial charge in [0, 0.05) is 42.6 Å². The first-order chi connectivity index (χ1) is 13.1. The van der Waals surface area contributed by atoms with Crippen LogP contribution in [0.2, 0.25) is 0 Å². The third-order valence-electron chi connectivity index (χ3n) is 4.67. The summed E-state index contributed by atoms with van der Waals surface area (Å²) >= 11 is 0. The predicted octanol–water partition coefficient (Wildman–Crippen LogP) is 1.46. The summed E-state index contributed by atoms with van der Waals surface area (Å²) in [5, 5.41) is 5.40. The van der Waals surface area contributed by atoms with Crippen LogP contribution in [0.5, 0.6) is 0 Å². The van der Waals surface area contributed by atoms with Crippen molar-refractivity contribution in [1.82, 2.24) is 34.0 Å². The Balaban J connectivity index is 1.36. The molecule has 10 heteroatoms. The van der Waals surface area contributed by atoms with Crippen molar-refractivity contribution in [3.8, 4) is 11.3 Å². The van der Waals surface area contributed by atoms with Crippen molar-refractivity contribution < 1.29 is 8.42 Å². The number of H-pyrrole nitrogens is 1. The van der Waals surface area contributed by atoms with E-state index in [1.165, 1.54) is 22.9 Å². The molecule has 9 nitrogen and oxygen atoms in total. The zero-order valence-corrected chi connectivity index (χ0v) is 14.9. The zero-order chi connectivity index (χ0) is 18.4. The molecular formula is C17H15N7O2S. The molecule has 0 aliphatic carbocycles. The van der Waals surface area contributed by atoms with Crippen molar-refractivity contribution in [2.45, 2.75) is 11.1 Å². The molecule has 0 atom stereocenters. The van der Waals surface area contributed by atoms with Gasteiger partial charge in [-0.25, -0.2) is 23.4 Å². The Morgan fingerprint density at radius 2 is 2.00 bits per heavy atom. The average Bonchev–Trinajstić information content (AvgIpc) is 3.30. The fourth-order valence-electron chi connectivity index (χ4n) is 3.17. The summed E-state index contributed by atoms with van der Waals surface area (Å²) < 4.78 is 28.3. The van der Waals surface area contributed by atoms with Gasteiger partial charge in [0.15, 0.2) is 5.03 Å². The second kappa shape index (κ2) is 5.96. The normalized spacial score (nSPS) is 15.9. The summed E-state index contributed by atoms with van der Waals surface area (Å²) in [4.78, 5) is 15.6. The van der Waals surface area contributed by atoms with E-state index in [1.807, 2.05) is 18.5 Å². The highest BCUT2D eigenvalue weighted by molar-refractivity contribution is 7.89. The molecule has 0 bridgehead atoms. The van der Waals surface area contributed by atoms with Crippen LogP contribution in [0.1, 0.15) is 6.04 Å². The van der Waals surface area contributed by atoms with Crippen LogP contribution in [-0.4, -0.2) is 55.5 Å². The van der Waals surface area contributed by atoms with Crippen LogP contribution < -0.4 is 0 Å². The highest BCUT2D eigenvalue weighted by atomic mass is 32.2. The predicted molar refractivity (Wildman–Crippen MR) is 97.1 cm³/mol. The van der Waals surface area contributed by atoms with Crippen molar-refractivity contribution in [1.29, 1.82) is 0 Å². The molecule has 0 amide bonds. The lowest BCUT2D eigenvalue weighted by Crippen LogP contribution is -2.50. The molecule has 1 fully saturated rings. The molecule has 0 spiro atoms. The molecule has 136 valence electrons. The van der Waals surface area contributed by atoms with Crippen LogP contribution in [0.4, 0.5) is 0 Å². The average molecular weight is 381 g/mol. The maximum Gasteiger partial charge on any atom is 0.260 e. The second-order valence-corrected chi connectivity index (χ2v) is 8.20. The van der Waals surface area contributed by atoms with Crippen LogP contribution in [0.15, 0.2) is 60.4 Å². The van der Waals surface area contributed by atoms with Crippen LogP contribution in [0.3, 0.4) is 0 Å². The van der Waals surface area contributed by atoms with Crippen LogP contribution in [-0.2, 0) is 10.0 Å². The molecule has 1 N–H and O–H groups in total. The van der Waals surface area contributed by atoms with Crippen LogP contribution in [0.25, 0.3) is 22.3 Å². The minimum Gasteiger partial charge on any atom is -0.346 e. The molecule has 5 rings (SSSR count). The van der Waals surface area contributed by atoms with E-state index >= 15 is 0 Å². The number of pyridine rings is 1. The summed E-state index contributed by atoms with van der Waals surface area (Å²) in [6, 6.07) is 6.78. The van der Waals surface area contributed by atoms with E-state index in [0.717, 1.165) is 22.3 Å². The first kappa shape index (κ1) is 16.1. The lowest BCUT2D eigenvalue weighted by atomic mass is 10.1. The highest BCUT2D eigenvalue weighted by Gasteiger charge is 2.38. The van der Waals surface area contributed by atoms with Gasteiger partial charge in [0.1, 0.15) is 12.0 Å². The highest BCUT2D eigenvalue weighted by Crippen LogP contribution is 2.29. The molecule has 27 heavy (non-hydrogen) atoms. The van der Waals surface area contributed by atoms with E-state index in [0.29, 0.717) is 13.1 Å². The van der Waals surface area contributed by atoms with E-state index in [1.54, 1.807) is 23.0 Å². The minimum absolute atomic E-state index is 0.0132. The van der Waals surface area contributed by atoms with Gasteiger partial charge < -0.3 is 4.98 Å². The summed E-state index contributed by atoms with van der Waals surface area (Å²) in [5.41, 5.74) is 2.43. The van der Waals surface area contributed by atoms with Gasteiger partial charge in [0.2, 0.25) is 0 Å². The molecule has 1 aliphatic rings. The molecule has 0 saturated carbocycles. The Morgan fingerprint density at radius 1 is 1.11 bits per heavy atom. The zero-order valence-electron chi connectivity index (χ0n) is 14.1. The minimum atomic E-state index is -3.55. The first-order valence-electron chi connectivity index (χ1n) is 8.37. The molecule has 1 aliphatic heterocycles. The van der Waals surface area contributed by atoms with E-state index < -0.39 is 10.0 Å². The number of fused-ring (bicyclic) bond motifs is 1. The SMILES string of the molecule is O=S(=O)(c1ccccn1)N1CC(n2cc(-c3ncnc4[nH]ccc34)cn2)C1. The van der Waals surface area contributed by atoms with Gasteiger partial charge in [-0.15, -0.1) is 0 Å². The van der Waals surface area contributed by atoms with E-state index in [2.05, 4.69) is 25.0 Å². The van der Waals surface area contributed by atoms with Crippen molar-refractivity contribution >= 4 is 21.1 Å². The fraction of sp³-hybridized carbons (Fsp3) is 0.176. The Labute approximate surface area is 154 Å². The quantitative estimate of drug-likeness (QED) is 0.573. The Hall–Kier alpha value is -3.11. The van der Waals surface area contributed by atoms with Gasteiger partial charge in [-0.1, -0.05) is 6.07 Å². The topological polar surface area (TPSA) is 110 Å². The number of hydrogen-bond donors (Lipinski definition) is 1. The van der Waals surface area contributed by atoms with Gasteiger partial charge in [0.05, 0.1) is 17.9 Å². The summed E-state index contributed by atoms with van der Waals surface area (Å²) in [6.45, 7) is 0.729. The number of sulfonamides is 1. The maximum absolute atomic E-state index is 12.5. The van der Waals surface area contributed by atoms with E-state index in [-0.39, 0.29) is 11.1 Å². The lowest BCUT2D eigenvalue weighted by Gasteiger charge is -2.37. The molecule has 1 saturated heterocycles. The monoisotopic (exact) mass is 381 g/mol. The van der Waals surface area contributed by atoms with Crippen LogP contribution in [0, 0.1) is 0 Å². The molecule has 0 radical (unpaired) electrons. The third-order valence-corrected chi connectivity index (χ3v) is 6.42. The van der Waals surface area contributed by atoms with E-state index in [4.69, 9.17) is 0 Å². The van der Waals surface area contributed by atoms with Crippen molar-refractivity contribution in [2.24, 2.45) is 0 Å². The standard InChI is InChI=1S/C17H15N7O2S/c25-27(26,15-3-1-2-5-18-15)23-9-13(10-23)24-8-12(7-22-24)16-14-4-6-19-17(14)21-11-20-16/h1-8,11,13H,9-10H2,(H,19,20,21). The number of hydrogen-bond acceptors (Lipinski definition) is 6.